The minimum absolute atomic E-state index is 0.237. The number of carbonyl (C=O) groups excluding carboxylic acids is 1. The Bertz CT molecular complexity index is 1040. The summed E-state index contributed by atoms with van der Waals surface area (Å²) in [5, 5.41) is 10.3. The lowest BCUT2D eigenvalue weighted by molar-refractivity contribution is 0.252. The van der Waals surface area contributed by atoms with Crippen LogP contribution in [-0.2, 0) is 6.42 Å². The normalized spacial score (nSPS) is 10.7. The molecule has 0 bridgehead atoms. The predicted molar refractivity (Wildman–Crippen MR) is 106 cm³/mol. The van der Waals surface area contributed by atoms with E-state index in [1.807, 2.05) is 66.9 Å². The van der Waals surface area contributed by atoms with Crippen LogP contribution in [0.1, 0.15) is 5.56 Å². The molecule has 1 aromatic carbocycles. The molecule has 0 aliphatic heterocycles. The Kier molecular flexibility index (Phi) is 4.78. The second kappa shape index (κ2) is 7.70. The largest absolute Gasteiger partial charge is 0.338 e. The van der Waals surface area contributed by atoms with Crippen LogP contribution in [0.4, 0.5) is 10.5 Å². The van der Waals surface area contributed by atoms with Crippen molar-refractivity contribution in [1.82, 2.24) is 19.9 Å². The number of anilines is 1. The number of nitrogens with one attached hydrogen (secondary N) is 2. The zero-order valence-electron chi connectivity index (χ0n) is 14.7. The van der Waals surface area contributed by atoms with Crippen molar-refractivity contribution in [2.24, 2.45) is 0 Å². The van der Waals surface area contributed by atoms with Crippen LogP contribution in [0.5, 0.6) is 0 Å². The number of nitrogens with zero attached hydrogens (tertiary/aromatic N) is 3. The fourth-order valence-electron chi connectivity index (χ4n) is 2.86. The fourth-order valence-corrected chi connectivity index (χ4v) is 2.86. The molecule has 4 rings (SSSR count). The number of carbonyl (C=O) groups is 1. The maximum atomic E-state index is 12.1. The van der Waals surface area contributed by atoms with E-state index in [0.29, 0.717) is 12.2 Å². The molecule has 6 heteroatoms. The summed E-state index contributed by atoms with van der Waals surface area (Å²) in [4.78, 5) is 16.1. The summed E-state index contributed by atoms with van der Waals surface area (Å²) in [7, 11) is 0. The molecule has 0 unspecified atom stereocenters. The van der Waals surface area contributed by atoms with Crippen molar-refractivity contribution in [3.8, 4) is 11.3 Å². The van der Waals surface area contributed by atoms with Gasteiger partial charge in [0.2, 0.25) is 0 Å². The van der Waals surface area contributed by atoms with Crippen LogP contribution >= 0.6 is 0 Å². The van der Waals surface area contributed by atoms with Gasteiger partial charge in [0.15, 0.2) is 0 Å². The maximum Gasteiger partial charge on any atom is 0.319 e. The first-order chi connectivity index (χ1) is 13.3. The zero-order valence-corrected chi connectivity index (χ0v) is 14.7. The highest BCUT2D eigenvalue weighted by Gasteiger charge is 2.06. The van der Waals surface area contributed by atoms with Gasteiger partial charge >= 0.3 is 6.03 Å². The highest BCUT2D eigenvalue weighted by Crippen LogP contribution is 2.20. The lowest BCUT2D eigenvalue weighted by Crippen LogP contribution is -2.30. The van der Waals surface area contributed by atoms with Crippen molar-refractivity contribution in [2.45, 2.75) is 6.42 Å². The molecule has 0 radical (unpaired) electrons. The number of rotatable bonds is 5. The molecule has 2 N–H and O–H groups in total. The van der Waals surface area contributed by atoms with E-state index in [4.69, 9.17) is 0 Å². The van der Waals surface area contributed by atoms with Crippen LogP contribution in [-0.4, -0.2) is 27.2 Å². The number of amides is 2. The average molecular weight is 357 g/mol. The maximum absolute atomic E-state index is 12.1. The summed E-state index contributed by atoms with van der Waals surface area (Å²) in [6.45, 7) is 0.554. The molecule has 27 heavy (non-hydrogen) atoms. The Morgan fingerprint density at radius 2 is 1.81 bits per heavy atom. The zero-order chi connectivity index (χ0) is 18.5. The van der Waals surface area contributed by atoms with Crippen LogP contribution in [0.25, 0.3) is 16.8 Å². The van der Waals surface area contributed by atoms with E-state index in [9.17, 15) is 4.79 Å². The fraction of sp³-hybridized carbons (Fsp3) is 0.0952. The third kappa shape index (κ3) is 4.12. The standard InChI is InChI=1S/C21H19N5O/c27-21(23-13-10-16-8-11-22-12-9-16)24-18-6-7-19-14-20(25-26(19)15-18)17-4-2-1-3-5-17/h1-9,11-12,14-15H,10,13H2,(H2,23,24,27). The first kappa shape index (κ1) is 16.8. The summed E-state index contributed by atoms with van der Waals surface area (Å²) in [5.74, 6) is 0. The molecule has 0 aliphatic rings. The third-order valence-electron chi connectivity index (χ3n) is 4.24. The van der Waals surface area contributed by atoms with Crippen LogP contribution in [0.2, 0.25) is 0 Å². The summed E-state index contributed by atoms with van der Waals surface area (Å²) in [6.07, 6.45) is 6.07. The molecular formula is C21H19N5O. The second-order valence-electron chi connectivity index (χ2n) is 6.17. The molecule has 0 spiro atoms. The Balaban J connectivity index is 1.39. The summed E-state index contributed by atoms with van der Waals surface area (Å²) >= 11 is 0. The molecule has 3 heterocycles. The van der Waals surface area contributed by atoms with Crippen molar-refractivity contribution < 1.29 is 4.79 Å². The van der Waals surface area contributed by atoms with Gasteiger partial charge in [-0.15, -0.1) is 0 Å². The van der Waals surface area contributed by atoms with E-state index in [2.05, 4.69) is 20.7 Å². The molecular weight excluding hydrogens is 338 g/mol. The third-order valence-corrected chi connectivity index (χ3v) is 4.24. The van der Waals surface area contributed by atoms with Crippen molar-refractivity contribution >= 4 is 17.2 Å². The predicted octanol–water partition coefficient (Wildman–Crippen LogP) is 3.76. The molecule has 134 valence electrons. The molecule has 2 amide bonds. The lowest BCUT2D eigenvalue weighted by atomic mass is 10.1. The van der Waals surface area contributed by atoms with Crippen molar-refractivity contribution in [2.75, 3.05) is 11.9 Å². The van der Waals surface area contributed by atoms with Gasteiger partial charge in [0.1, 0.15) is 0 Å². The van der Waals surface area contributed by atoms with E-state index in [1.165, 1.54) is 0 Å². The monoisotopic (exact) mass is 357 g/mol. The van der Waals surface area contributed by atoms with E-state index >= 15 is 0 Å². The smallest absolute Gasteiger partial charge is 0.319 e. The number of fused-ring (bicyclic) bond motifs is 1. The number of hydrogen-bond acceptors (Lipinski definition) is 3. The van der Waals surface area contributed by atoms with Crippen molar-refractivity contribution in [3.05, 3.63) is 84.8 Å². The molecule has 4 aromatic rings. The number of benzene rings is 1. The topological polar surface area (TPSA) is 71.3 Å². The van der Waals surface area contributed by atoms with Crippen LogP contribution in [0.15, 0.2) is 79.3 Å². The Morgan fingerprint density at radius 1 is 1.00 bits per heavy atom. The Hall–Kier alpha value is -3.67. The summed E-state index contributed by atoms with van der Waals surface area (Å²) in [5.41, 5.74) is 4.75. The SMILES string of the molecule is O=C(NCCc1ccncc1)Nc1ccc2cc(-c3ccccc3)nn2c1. The molecule has 0 saturated heterocycles. The highest BCUT2D eigenvalue weighted by molar-refractivity contribution is 5.89. The molecule has 0 fully saturated rings. The highest BCUT2D eigenvalue weighted by atomic mass is 16.2. The lowest BCUT2D eigenvalue weighted by Gasteiger charge is -2.08. The van der Waals surface area contributed by atoms with E-state index < -0.39 is 0 Å². The van der Waals surface area contributed by atoms with Gasteiger partial charge in [-0.2, -0.15) is 5.10 Å². The van der Waals surface area contributed by atoms with E-state index in [-0.39, 0.29) is 6.03 Å². The molecule has 0 atom stereocenters. The van der Waals surface area contributed by atoms with E-state index in [0.717, 1.165) is 28.8 Å². The van der Waals surface area contributed by atoms with E-state index in [1.54, 1.807) is 16.9 Å². The van der Waals surface area contributed by atoms with Gasteiger partial charge in [0, 0.05) is 24.5 Å². The average Bonchev–Trinajstić information content (AvgIpc) is 3.13. The number of pyridine rings is 2. The van der Waals surface area contributed by atoms with Gasteiger partial charge < -0.3 is 10.6 Å². The van der Waals surface area contributed by atoms with Crippen LogP contribution in [0.3, 0.4) is 0 Å². The van der Waals surface area contributed by atoms with Gasteiger partial charge in [-0.05, 0) is 42.3 Å². The van der Waals surface area contributed by atoms with Gasteiger partial charge in [0.25, 0.3) is 0 Å². The molecule has 6 nitrogen and oxygen atoms in total. The van der Waals surface area contributed by atoms with Crippen molar-refractivity contribution in [3.63, 3.8) is 0 Å². The van der Waals surface area contributed by atoms with Gasteiger partial charge in [-0.25, -0.2) is 9.31 Å². The minimum atomic E-state index is -0.237. The molecule has 0 aliphatic carbocycles. The van der Waals surface area contributed by atoms with Gasteiger partial charge in [-0.3, -0.25) is 4.98 Å². The van der Waals surface area contributed by atoms with Crippen molar-refractivity contribution in [1.29, 1.82) is 0 Å². The second-order valence-corrected chi connectivity index (χ2v) is 6.17. The van der Waals surface area contributed by atoms with Crippen LogP contribution in [0, 0.1) is 0 Å². The van der Waals surface area contributed by atoms with Crippen LogP contribution < -0.4 is 10.6 Å². The summed E-state index contributed by atoms with van der Waals surface area (Å²) in [6, 6.07) is 19.5. The first-order valence-electron chi connectivity index (χ1n) is 8.76. The first-order valence-corrected chi connectivity index (χ1v) is 8.76. The number of urea groups is 1. The molecule has 0 saturated carbocycles. The minimum Gasteiger partial charge on any atom is -0.338 e. The summed E-state index contributed by atoms with van der Waals surface area (Å²) < 4.78 is 1.77. The van der Waals surface area contributed by atoms with Gasteiger partial charge in [-0.1, -0.05) is 30.3 Å². The Labute approximate surface area is 156 Å². The van der Waals surface area contributed by atoms with Gasteiger partial charge in [0.05, 0.1) is 23.1 Å². The number of hydrogen-bond donors (Lipinski definition) is 2. The number of aromatic nitrogens is 3. The Morgan fingerprint density at radius 3 is 2.63 bits per heavy atom. The molecule has 3 aromatic heterocycles. The quantitative estimate of drug-likeness (QED) is 0.571.